The van der Waals surface area contributed by atoms with E-state index < -0.39 is 0 Å². The van der Waals surface area contributed by atoms with Crippen LogP contribution in [0.4, 0.5) is 0 Å². The molecule has 0 fully saturated rings. The molecule has 6 N–H and O–H groups in total. The number of aromatic hydroxyl groups is 6. The lowest BCUT2D eigenvalue weighted by Crippen LogP contribution is -2.00. The zero-order valence-corrected chi connectivity index (χ0v) is 52.4. The molecule has 0 aliphatic heterocycles. The molecule has 6 aromatic carbocycles. The fourth-order valence-corrected chi connectivity index (χ4v) is 14.1. The zero-order valence-electron chi connectivity index (χ0n) is 49.1. The molecular formula is C67H84O12S4. The van der Waals surface area contributed by atoms with Crippen LogP contribution >= 0.6 is 47.0 Å². The second kappa shape index (κ2) is 34.5. The Morgan fingerprint density at radius 1 is 0.301 bits per heavy atom. The molecule has 83 heavy (non-hydrogen) atoms. The van der Waals surface area contributed by atoms with Crippen LogP contribution in [0.15, 0.2) is 98.1 Å². The van der Waals surface area contributed by atoms with Crippen molar-refractivity contribution >= 4 is 47.0 Å². The fraction of sp³-hybridized carbons (Fsp3) is 0.403. The van der Waals surface area contributed by atoms with Crippen molar-refractivity contribution in [2.45, 2.75) is 83.5 Å². The van der Waals surface area contributed by atoms with Gasteiger partial charge >= 0.3 is 0 Å². The predicted molar refractivity (Wildman–Crippen MR) is 347 cm³/mol. The van der Waals surface area contributed by atoms with Gasteiger partial charge in [0.2, 0.25) is 0 Å². The third kappa shape index (κ3) is 19.4. The molecule has 0 spiro atoms. The Kier molecular flexibility index (Phi) is 27.4. The number of aryl methyl sites for hydroxylation is 4. The van der Waals surface area contributed by atoms with Crippen molar-refractivity contribution in [1.82, 2.24) is 0 Å². The second-order valence-electron chi connectivity index (χ2n) is 20.2. The number of hydrogen-bond donors (Lipinski definition) is 6. The average Bonchev–Trinajstić information content (AvgIpc) is 3.69. The molecule has 448 valence electrons. The molecule has 0 heterocycles. The summed E-state index contributed by atoms with van der Waals surface area (Å²) in [6, 6.07) is 23.1. The number of phenolic OH excluding ortho intramolecular Hbond substituents is 6. The number of rotatable bonds is 38. The van der Waals surface area contributed by atoms with Gasteiger partial charge in [0.15, 0.2) is 69.0 Å². The first kappa shape index (κ1) is 65.9. The highest BCUT2D eigenvalue weighted by Gasteiger charge is 2.20. The van der Waals surface area contributed by atoms with Gasteiger partial charge in [-0.05, 0) is 157 Å². The van der Waals surface area contributed by atoms with E-state index in [4.69, 9.17) is 28.4 Å². The lowest BCUT2D eigenvalue weighted by molar-refractivity contribution is 0.367. The van der Waals surface area contributed by atoms with Crippen molar-refractivity contribution in [2.75, 3.05) is 88.7 Å². The Bertz CT molecular complexity index is 2870. The van der Waals surface area contributed by atoms with E-state index >= 15 is 0 Å². The molecule has 0 aliphatic rings. The molecular weight excluding hydrogens is 1120 g/mol. The minimum absolute atomic E-state index is 0.0616. The number of ether oxygens (including phenoxy) is 6. The molecule has 6 aromatic rings. The van der Waals surface area contributed by atoms with Gasteiger partial charge in [-0.1, -0.05) is 48.6 Å². The maximum atomic E-state index is 11.3. The molecule has 0 aromatic heterocycles. The van der Waals surface area contributed by atoms with Crippen molar-refractivity contribution in [3.63, 3.8) is 0 Å². The summed E-state index contributed by atoms with van der Waals surface area (Å²) in [6.07, 6.45) is 13.1. The molecule has 0 bridgehead atoms. The minimum atomic E-state index is 0.0616. The van der Waals surface area contributed by atoms with Gasteiger partial charge in [-0.2, -0.15) is 47.0 Å². The Morgan fingerprint density at radius 2 is 0.494 bits per heavy atom. The van der Waals surface area contributed by atoms with E-state index in [1.807, 2.05) is 108 Å². The molecule has 16 heteroatoms. The molecule has 0 radical (unpaired) electrons. The van der Waals surface area contributed by atoms with Crippen LogP contribution in [0.3, 0.4) is 0 Å². The average molecular weight is 1210 g/mol. The zero-order chi connectivity index (χ0) is 59.7. The standard InChI is InChI=1S/C67H84O12S4/c1-9-15-44-29-50(62(68)56(35-44)74-3)41-52-31-46(37-58(76-5)64(52)70)17-11-21-80-25-27-82-23-13-19-48-33-54(66(72)60(39-48)78-7)43-55-34-49(40-61(79-8)67(55)73)20-14-24-83-28-26-81-22-12-18-47-32-53(65(71)59(38-47)77-6)42-51-30-45(16-10-2)36-57(75-4)63(51)69/h9-10,29-40,68-73H,1-2,11-28,41-43H2,3-8H3. The highest BCUT2D eigenvalue weighted by molar-refractivity contribution is 8.03. The van der Waals surface area contributed by atoms with Crippen molar-refractivity contribution in [3.05, 3.63) is 165 Å². The van der Waals surface area contributed by atoms with Crippen LogP contribution < -0.4 is 28.4 Å². The smallest absolute Gasteiger partial charge is 0.161 e. The first-order valence-corrected chi connectivity index (χ1v) is 32.7. The van der Waals surface area contributed by atoms with E-state index in [0.29, 0.717) is 100.0 Å². The summed E-state index contributed by atoms with van der Waals surface area (Å²) in [4.78, 5) is 0. The van der Waals surface area contributed by atoms with Gasteiger partial charge in [-0.25, -0.2) is 0 Å². The van der Waals surface area contributed by atoms with E-state index in [1.165, 1.54) is 14.2 Å². The predicted octanol–water partition coefficient (Wildman–Crippen LogP) is 14.3. The highest BCUT2D eigenvalue weighted by atomic mass is 32.2. The van der Waals surface area contributed by atoms with Crippen molar-refractivity contribution in [1.29, 1.82) is 0 Å². The molecule has 0 saturated carbocycles. The Labute approximate surface area is 509 Å². The van der Waals surface area contributed by atoms with Gasteiger partial charge in [-0.3, -0.25) is 0 Å². The number of thioether (sulfide) groups is 4. The number of allylic oxidation sites excluding steroid dienone is 2. The summed E-state index contributed by atoms with van der Waals surface area (Å²) >= 11 is 7.76. The van der Waals surface area contributed by atoms with Gasteiger partial charge < -0.3 is 59.1 Å². The SMILES string of the molecule is C=CCc1cc(Cc2cc(CCCSCCSCCCc3cc(Cc4cc(CCCSCCSCCCc5cc(Cc6cc(CC=C)cc(OC)c6O)c(O)c(OC)c5)cc(OC)c4O)c(O)c(OC)c3)cc(OC)c2O)c(O)c(OC)c1. The summed E-state index contributed by atoms with van der Waals surface area (Å²) < 4.78 is 33.2. The first-order valence-electron chi connectivity index (χ1n) is 28.1. The van der Waals surface area contributed by atoms with Crippen molar-refractivity contribution < 1.29 is 59.1 Å². The van der Waals surface area contributed by atoms with E-state index in [0.717, 1.165) is 131 Å². The van der Waals surface area contributed by atoms with Gasteiger partial charge in [0, 0.05) is 75.7 Å². The van der Waals surface area contributed by atoms with Crippen molar-refractivity contribution in [2.24, 2.45) is 0 Å². The van der Waals surface area contributed by atoms with Crippen LogP contribution in [-0.2, 0) is 57.8 Å². The lowest BCUT2D eigenvalue weighted by atomic mass is 9.96. The molecule has 6 rings (SSSR count). The maximum absolute atomic E-state index is 11.3. The maximum Gasteiger partial charge on any atom is 0.161 e. The molecule has 0 atom stereocenters. The van der Waals surface area contributed by atoms with Crippen LogP contribution in [0, 0.1) is 0 Å². The molecule has 0 saturated heterocycles. The van der Waals surface area contributed by atoms with Crippen LogP contribution in [0.2, 0.25) is 0 Å². The van der Waals surface area contributed by atoms with E-state index in [-0.39, 0.29) is 34.5 Å². The fourth-order valence-electron chi connectivity index (χ4n) is 10.0. The number of benzene rings is 6. The summed E-state index contributed by atoms with van der Waals surface area (Å²) in [7, 11) is 9.30. The molecule has 0 amide bonds. The quantitative estimate of drug-likeness (QED) is 0.0159. The van der Waals surface area contributed by atoms with E-state index in [2.05, 4.69) is 13.2 Å². The Morgan fingerprint density at radius 3 is 0.687 bits per heavy atom. The number of hydrogen-bond acceptors (Lipinski definition) is 16. The van der Waals surface area contributed by atoms with Gasteiger partial charge in [0.1, 0.15) is 0 Å². The number of methoxy groups -OCH3 is 6. The largest absolute Gasteiger partial charge is 0.504 e. The van der Waals surface area contributed by atoms with E-state index in [9.17, 15) is 30.6 Å². The van der Waals surface area contributed by atoms with Crippen LogP contribution in [0.25, 0.3) is 0 Å². The van der Waals surface area contributed by atoms with Gasteiger partial charge in [-0.15, -0.1) is 13.2 Å². The molecule has 12 nitrogen and oxygen atoms in total. The minimum Gasteiger partial charge on any atom is -0.504 e. The summed E-state index contributed by atoms with van der Waals surface area (Å²) in [5.74, 6) is 11.1. The van der Waals surface area contributed by atoms with Crippen molar-refractivity contribution in [3.8, 4) is 69.0 Å². The summed E-state index contributed by atoms with van der Waals surface area (Å²) in [5.41, 5.74) is 10.3. The summed E-state index contributed by atoms with van der Waals surface area (Å²) in [5, 5.41) is 66.4. The highest BCUT2D eigenvalue weighted by Crippen LogP contribution is 2.42. The Hall–Kier alpha value is -6.20. The third-order valence-electron chi connectivity index (χ3n) is 14.3. The van der Waals surface area contributed by atoms with Gasteiger partial charge in [0.25, 0.3) is 0 Å². The topological polar surface area (TPSA) is 177 Å². The van der Waals surface area contributed by atoms with Crippen LogP contribution in [-0.4, -0.2) is 119 Å². The second-order valence-corrected chi connectivity index (χ2v) is 25.1. The monoisotopic (exact) mass is 1210 g/mol. The third-order valence-corrected chi connectivity index (χ3v) is 19.1. The van der Waals surface area contributed by atoms with Gasteiger partial charge in [0.05, 0.1) is 42.7 Å². The first-order chi connectivity index (χ1) is 40.3. The molecule has 0 aliphatic carbocycles. The van der Waals surface area contributed by atoms with Crippen LogP contribution in [0.1, 0.15) is 92.4 Å². The molecule has 0 unspecified atom stereocenters. The van der Waals surface area contributed by atoms with E-state index in [1.54, 1.807) is 52.7 Å². The lowest BCUT2D eigenvalue weighted by Gasteiger charge is -2.16. The van der Waals surface area contributed by atoms with Crippen LogP contribution in [0.5, 0.6) is 69.0 Å². The Balaban J connectivity index is 0.896. The number of phenols is 6. The summed E-state index contributed by atoms with van der Waals surface area (Å²) in [6.45, 7) is 7.67. The normalized spacial score (nSPS) is 11.2.